The van der Waals surface area contributed by atoms with Crippen LogP contribution >= 0.6 is 11.7 Å². The summed E-state index contributed by atoms with van der Waals surface area (Å²) >= 11 is 0.935. The minimum Gasteiger partial charge on any atom is -0.379 e. The van der Waals surface area contributed by atoms with Gasteiger partial charge in [-0.25, -0.2) is 0 Å². The van der Waals surface area contributed by atoms with Gasteiger partial charge in [-0.05, 0) is 36.4 Å². The summed E-state index contributed by atoms with van der Waals surface area (Å²) in [6.07, 6.45) is 0. The zero-order valence-corrected chi connectivity index (χ0v) is 15.4. The SMILES string of the molecule is O=C(c1ccccc1)c1ccc(OS(=O)(=O)c2cccc3nsnc23)cc1. The Morgan fingerprint density at radius 3 is 2.26 bits per heavy atom. The van der Waals surface area contributed by atoms with Gasteiger partial charge < -0.3 is 4.18 Å². The van der Waals surface area contributed by atoms with Crippen LogP contribution in [-0.4, -0.2) is 22.9 Å². The van der Waals surface area contributed by atoms with Crippen LogP contribution < -0.4 is 4.18 Å². The molecule has 0 aliphatic heterocycles. The Kier molecular flexibility index (Phi) is 4.43. The van der Waals surface area contributed by atoms with Gasteiger partial charge in [0.25, 0.3) is 0 Å². The molecule has 6 nitrogen and oxygen atoms in total. The van der Waals surface area contributed by atoms with Crippen LogP contribution in [0.15, 0.2) is 77.7 Å². The topological polar surface area (TPSA) is 86.2 Å². The molecule has 0 bridgehead atoms. The lowest BCUT2D eigenvalue weighted by Crippen LogP contribution is -2.10. The fraction of sp³-hybridized carbons (Fsp3) is 0. The summed E-state index contributed by atoms with van der Waals surface area (Å²) < 4.78 is 38.5. The molecule has 8 heteroatoms. The fourth-order valence-corrected chi connectivity index (χ4v) is 4.27. The predicted octanol–water partition coefficient (Wildman–Crippen LogP) is 3.69. The molecule has 0 saturated carbocycles. The normalized spacial score (nSPS) is 11.4. The average Bonchev–Trinajstić information content (AvgIpc) is 3.17. The minimum atomic E-state index is -4.08. The molecular weight excluding hydrogens is 384 g/mol. The van der Waals surface area contributed by atoms with Crippen molar-refractivity contribution in [3.63, 3.8) is 0 Å². The lowest BCUT2D eigenvalue weighted by atomic mass is 10.0. The van der Waals surface area contributed by atoms with E-state index in [2.05, 4.69) is 8.75 Å². The van der Waals surface area contributed by atoms with E-state index in [9.17, 15) is 13.2 Å². The molecule has 0 saturated heterocycles. The van der Waals surface area contributed by atoms with E-state index in [-0.39, 0.29) is 21.9 Å². The summed E-state index contributed by atoms with van der Waals surface area (Å²) in [6.45, 7) is 0. The zero-order chi connectivity index (χ0) is 18.9. The average molecular weight is 396 g/mol. The second kappa shape index (κ2) is 6.90. The number of carbonyl (C=O) groups is 1. The number of carbonyl (C=O) groups excluding carboxylic acids is 1. The molecule has 0 aliphatic rings. The van der Waals surface area contributed by atoms with Crippen molar-refractivity contribution in [2.75, 3.05) is 0 Å². The molecule has 3 aromatic carbocycles. The molecule has 0 radical (unpaired) electrons. The van der Waals surface area contributed by atoms with Gasteiger partial charge in [-0.1, -0.05) is 36.4 Å². The van der Waals surface area contributed by atoms with Gasteiger partial charge in [0.05, 0.1) is 11.7 Å². The van der Waals surface area contributed by atoms with E-state index in [0.29, 0.717) is 16.6 Å². The number of rotatable bonds is 5. The maximum absolute atomic E-state index is 12.6. The number of fused-ring (bicyclic) bond motifs is 1. The van der Waals surface area contributed by atoms with Crippen molar-refractivity contribution in [1.82, 2.24) is 8.75 Å². The van der Waals surface area contributed by atoms with E-state index < -0.39 is 10.1 Å². The molecular formula is C19H12N2O4S2. The van der Waals surface area contributed by atoms with Gasteiger partial charge in [0.2, 0.25) is 0 Å². The van der Waals surface area contributed by atoms with Crippen LogP contribution in [0.5, 0.6) is 5.75 Å². The van der Waals surface area contributed by atoms with Crippen LogP contribution in [-0.2, 0) is 10.1 Å². The first-order valence-electron chi connectivity index (χ1n) is 7.90. The molecule has 134 valence electrons. The van der Waals surface area contributed by atoms with Crippen molar-refractivity contribution in [3.8, 4) is 5.75 Å². The summed E-state index contributed by atoms with van der Waals surface area (Å²) in [4.78, 5) is 12.4. The Bertz CT molecular complexity index is 1220. The monoisotopic (exact) mass is 396 g/mol. The number of hydrogen-bond acceptors (Lipinski definition) is 7. The zero-order valence-electron chi connectivity index (χ0n) is 13.8. The number of ketones is 1. The molecule has 27 heavy (non-hydrogen) atoms. The highest BCUT2D eigenvalue weighted by atomic mass is 32.2. The van der Waals surface area contributed by atoms with Crippen molar-refractivity contribution >= 4 is 38.7 Å². The van der Waals surface area contributed by atoms with E-state index in [1.165, 1.54) is 30.3 Å². The van der Waals surface area contributed by atoms with Gasteiger partial charge in [-0.3, -0.25) is 4.79 Å². The second-order valence-corrected chi connectivity index (χ2v) is 7.69. The first kappa shape index (κ1) is 17.3. The van der Waals surface area contributed by atoms with E-state index in [0.717, 1.165) is 11.7 Å². The molecule has 0 unspecified atom stereocenters. The summed E-state index contributed by atoms with van der Waals surface area (Å²) in [5, 5.41) is 0. The highest BCUT2D eigenvalue weighted by Crippen LogP contribution is 2.25. The third kappa shape index (κ3) is 3.44. The van der Waals surface area contributed by atoms with Crippen molar-refractivity contribution in [1.29, 1.82) is 0 Å². The minimum absolute atomic E-state index is 0.0433. The Hall–Kier alpha value is -3.10. The first-order chi connectivity index (χ1) is 13.0. The quantitative estimate of drug-likeness (QED) is 0.378. The molecule has 1 aromatic heterocycles. The third-order valence-corrected chi connectivity index (χ3v) is 5.70. The van der Waals surface area contributed by atoms with E-state index >= 15 is 0 Å². The maximum Gasteiger partial charge on any atom is 0.341 e. The predicted molar refractivity (Wildman–Crippen MR) is 102 cm³/mol. The molecule has 0 N–H and O–H groups in total. The largest absolute Gasteiger partial charge is 0.379 e. The van der Waals surface area contributed by atoms with Crippen LogP contribution in [0.2, 0.25) is 0 Å². The van der Waals surface area contributed by atoms with E-state index in [1.807, 2.05) is 6.07 Å². The van der Waals surface area contributed by atoms with Crippen LogP contribution in [0.25, 0.3) is 11.0 Å². The smallest absolute Gasteiger partial charge is 0.341 e. The second-order valence-electron chi connectivity index (χ2n) is 5.65. The van der Waals surface area contributed by atoms with Crippen LogP contribution in [0.1, 0.15) is 15.9 Å². The molecule has 4 rings (SSSR count). The molecule has 0 spiro atoms. The third-order valence-electron chi connectivity index (χ3n) is 3.88. The van der Waals surface area contributed by atoms with E-state index in [1.54, 1.807) is 36.4 Å². The van der Waals surface area contributed by atoms with Crippen LogP contribution in [0, 0.1) is 0 Å². The molecule has 0 fully saturated rings. The van der Waals surface area contributed by atoms with Gasteiger partial charge in [0, 0.05) is 11.1 Å². The lowest BCUT2D eigenvalue weighted by Gasteiger charge is -2.08. The van der Waals surface area contributed by atoms with E-state index in [4.69, 9.17) is 4.18 Å². The summed E-state index contributed by atoms with van der Waals surface area (Å²) in [5.74, 6) is -0.0388. The number of hydrogen-bond donors (Lipinski definition) is 0. The summed E-state index contributed by atoms with van der Waals surface area (Å²) in [7, 11) is -4.08. The lowest BCUT2D eigenvalue weighted by molar-refractivity contribution is 0.103. The molecule has 0 aliphatic carbocycles. The highest BCUT2D eigenvalue weighted by molar-refractivity contribution is 7.87. The van der Waals surface area contributed by atoms with Gasteiger partial charge in [-0.15, -0.1) is 0 Å². The van der Waals surface area contributed by atoms with Crippen LogP contribution in [0.3, 0.4) is 0 Å². The number of benzene rings is 3. The molecule has 4 aromatic rings. The van der Waals surface area contributed by atoms with Gasteiger partial charge >= 0.3 is 10.1 Å². The molecule has 0 atom stereocenters. The van der Waals surface area contributed by atoms with Crippen molar-refractivity contribution < 1.29 is 17.4 Å². The Morgan fingerprint density at radius 2 is 1.52 bits per heavy atom. The first-order valence-corrected chi connectivity index (χ1v) is 10.0. The van der Waals surface area contributed by atoms with Gasteiger partial charge in [0.1, 0.15) is 21.7 Å². The van der Waals surface area contributed by atoms with Gasteiger partial charge in [-0.2, -0.15) is 17.2 Å². The highest BCUT2D eigenvalue weighted by Gasteiger charge is 2.22. The molecule has 1 heterocycles. The van der Waals surface area contributed by atoms with Gasteiger partial charge in [0.15, 0.2) is 5.78 Å². The Balaban J connectivity index is 1.60. The summed E-state index contributed by atoms with van der Waals surface area (Å²) in [6, 6.07) is 19.5. The Morgan fingerprint density at radius 1 is 0.815 bits per heavy atom. The number of aromatic nitrogens is 2. The number of nitrogens with zero attached hydrogens (tertiary/aromatic N) is 2. The van der Waals surface area contributed by atoms with Crippen molar-refractivity contribution in [3.05, 3.63) is 83.9 Å². The summed E-state index contributed by atoms with van der Waals surface area (Å²) in [5.41, 5.74) is 1.77. The maximum atomic E-state index is 12.6. The fourth-order valence-electron chi connectivity index (χ4n) is 2.57. The molecule has 0 amide bonds. The standard InChI is InChI=1S/C19H12N2O4S2/c22-19(13-5-2-1-3-6-13)14-9-11-15(12-10-14)25-27(23,24)17-8-4-7-16-18(17)21-26-20-16/h1-12H. The van der Waals surface area contributed by atoms with Crippen molar-refractivity contribution in [2.24, 2.45) is 0 Å². The van der Waals surface area contributed by atoms with Crippen molar-refractivity contribution in [2.45, 2.75) is 4.90 Å². The van der Waals surface area contributed by atoms with Crippen LogP contribution in [0.4, 0.5) is 0 Å². The Labute approximate surface area is 159 Å².